The molecule has 0 bridgehead atoms. The van der Waals surface area contributed by atoms with Crippen LogP contribution in [0.3, 0.4) is 0 Å². The first-order chi connectivity index (χ1) is 14.6. The summed E-state index contributed by atoms with van der Waals surface area (Å²) in [5, 5.41) is 2.91. The number of esters is 1. The molecule has 2 rings (SSSR count). The number of methoxy groups -OCH3 is 1. The molecule has 2 atom stereocenters. The SMILES string of the molecule is COc1cccc(CNC[C@@H](OC(=O)C(F)(F)F)[C@@H](N)CCc2cc(F)cc(F)c2)c1. The minimum atomic E-state index is -5.17. The molecule has 0 aliphatic rings. The molecule has 0 saturated carbocycles. The van der Waals surface area contributed by atoms with E-state index < -0.39 is 35.9 Å². The van der Waals surface area contributed by atoms with Gasteiger partial charge in [0.25, 0.3) is 0 Å². The molecule has 2 aromatic rings. The van der Waals surface area contributed by atoms with E-state index in [0.29, 0.717) is 11.8 Å². The van der Waals surface area contributed by atoms with Crippen LogP contribution in [0.2, 0.25) is 0 Å². The van der Waals surface area contributed by atoms with Crippen molar-refractivity contribution in [3.63, 3.8) is 0 Å². The number of carbonyl (C=O) groups excluding carboxylic acids is 1. The maximum Gasteiger partial charge on any atom is 0.490 e. The second-order valence-corrected chi connectivity index (χ2v) is 6.90. The summed E-state index contributed by atoms with van der Waals surface area (Å²) in [7, 11) is 1.50. The highest BCUT2D eigenvalue weighted by molar-refractivity contribution is 5.75. The lowest BCUT2D eigenvalue weighted by atomic mass is 10.0. The van der Waals surface area contributed by atoms with E-state index in [9.17, 15) is 26.7 Å². The second kappa shape index (κ2) is 11.1. The number of rotatable bonds is 10. The first-order valence-corrected chi connectivity index (χ1v) is 9.40. The van der Waals surface area contributed by atoms with E-state index in [2.05, 4.69) is 10.1 Å². The Labute approximate surface area is 176 Å². The fourth-order valence-electron chi connectivity index (χ4n) is 2.90. The van der Waals surface area contributed by atoms with E-state index >= 15 is 0 Å². The summed E-state index contributed by atoms with van der Waals surface area (Å²) in [4.78, 5) is 11.3. The quantitative estimate of drug-likeness (QED) is 0.432. The summed E-state index contributed by atoms with van der Waals surface area (Å²) in [5.74, 6) is -3.29. The van der Waals surface area contributed by atoms with Crippen LogP contribution in [0, 0.1) is 11.6 Å². The third kappa shape index (κ3) is 8.14. The van der Waals surface area contributed by atoms with Crippen LogP contribution in [0.25, 0.3) is 0 Å². The Morgan fingerprint density at radius 1 is 1.10 bits per heavy atom. The van der Waals surface area contributed by atoms with Gasteiger partial charge < -0.3 is 20.5 Å². The minimum absolute atomic E-state index is 0.0412. The number of nitrogens with two attached hydrogens (primary N) is 1. The van der Waals surface area contributed by atoms with Gasteiger partial charge in [0.05, 0.1) is 7.11 Å². The van der Waals surface area contributed by atoms with Crippen LogP contribution in [0.5, 0.6) is 5.75 Å². The van der Waals surface area contributed by atoms with Gasteiger partial charge in [-0.3, -0.25) is 0 Å². The number of ether oxygens (including phenoxy) is 2. The van der Waals surface area contributed by atoms with Crippen molar-refractivity contribution in [3.8, 4) is 5.75 Å². The number of nitrogens with one attached hydrogen (secondary N) is 1. The zero-order chi connectivity index (χ0) is 23.0. The first kappa shape index (κ1) is 24.5. The van der Waals surface area contributed by atoms with E-state index in [0.717, 1.165) is 17.7 Å². The summed E-state index contributed by atoms with van der Waals surface area (Å²) in [6.07, 6.45) is -6.35. The maximum absolute atomic E-state index is 13.3. The van der Waals surface area contributed by atoms with Crippen molar-refractivity contribution in [1.29, 1.82) is 0 Å². The molecule has 0 aliphatic carbocycles. The Kier molecular flexibility index (Phi) is 8.76. The Morgan fingerprint density at radius 3 is 2.39 bits per heavy atom. The van der Waals surface area contributed by atoms with Gasteiger partial charge in [-0.05, 0) is 48.2 Å². The number of halogens is 5. The largest absolute Gasteiger partial charge is 0.497 e. The highest BCUT2D eigenvalue weighted by Crippen LogP contribution is 2.19. The molecule has 170 valence electrons. The average Bonchev–Trinajstić information content (AvgIpc) is 2.70. The average molecular weight is 446 g/mol. The number of aryl methyl sites for hydroxylation is 1. The molecule has 0 saturated heterocycles. The molecule has 0 spiro atoms. The molecule has 0 radical (unpaired) electrons. The molecular formula is C21H23F5N2O3. The molecule has 0 aliphatic heterocycles. The van der Waals surface area contributed by atoms with Crippen molar-refractivity contribution in [2.45, 2.75) is 37.7 Å². The topological polar surface area (TPSA) is 73.6 Å². The van der Waals surface area contributed by atoms with E-state index in [-0.39, 0.29) is 31.5 Å². The van der Waals surface area contributed by atoms with Crippen LogP contribution in [0.15, 0.2) is 42.5 Å². The van der Waals surface area contributed by atoms with Crippen molar-refractivity contribution < 1.29 is 36.2 Å². The molecule has 0 fully saturated rings. The molecule has 0 aromatic heterocycles. The van der Waals surface area contributed by atoms with E-state index in [1.54, 1.807) is 24.3 Å². The number of alkyl halides is 3. The monoisotopic (exact) mass is 446 g/mol. The molecule has 0 unspecified atom stereocenters. The lowest BCUT2D eigenvalue weighted by Crippen LogP contribution is -2.46. The maximum atomic E-state index is 13.3. The molecule has 2 aromatic carbocycles. The smallest absolute Gasteiger partial charge is 0.490 e. The number of hydrogen-bond donors (Lipinski definition) is 2. The predicted molar refractivity (Wildman–Crippen MR) is 103 cm³/mol. The van der Waals surface area contributed by atoms with Crippen LogP contribution in [-0.2, 0) is 22.5 Å². The van der Waals surface area contributed by atoms with E-state index in [1.165, 1.54) is 7.11 Å². The third-order valence-electron chi connectivity index (χ3n) is 4.46. The Balaban J connectivity index is 2.01. The van der Waals surface area contributed by atoms with Crippen molar-refractivity contribution >= 4 is 5.97 Å². The van der Waals surface area contributed by atoms with Gasteiger partial charge in [-0.1, -0.05) is 12.1 Å². The molecule has 10 heteroatoms. The van der Waals surface area contributed by atoms with Gasteiger partial charge in [-0.15, -0.1) is 0 Å². The third-order valence-corrected chi connectivity index (χ3v) is 4.46. The van der Waals surface area contributed by atoms with Gasteiger partial charge in [-0.2, -0.15) is 13.2 Å². The zero-order valence-corrected chi connectivity index (χ0v) is 16.7. The molecular weight excluding hydrogens is 423 g/mol. The minimum Gasteiger partial charge on any atom is -0.497 e. The molecule has 0 amide bonds. The molecule has 0 heterocycles. The van der Waals surface area contributed by atoms with Gasteiger partial charge >= 0.3 is 12.1 Å². The molecule has 3 N–H and O–H groups in total. The fourth-order valence-corrected chi connectivity index (χ4v) is 2.90. The standard InChI is InChI=1S/C21H23F5N2O3/c1-30-17-4-2-3-14(9-17)11-28-12-19(31-20(29)21(24,25)26)18(27)6-5-13-7-15(22)10-16(23)8-13/h2-4,7-10,18-19,28H,5-6,11-12,27H2,1H3/t18-,19+/m0/s1. The van der Waals surface area contributed by atoms with E-state index in [4.69, 9.17) is 10.5 Å². The number of carbonyl (C=O) groups is 1. The fraction of sp³-hybridized carbons (Fsp3) is 0.381. The summed E-state index contributed by atoms with van der Waals surface area (Å²) < 4.78 is 74.3. The summed E-state index contributed by atoms with van der Waals surface area (Å²) >= 11 is 0. The number of benzene rings is 2. The summed E-state index contributed by atoms with van der Waals surface area (Å²) in [6, 6.07) is 8.92. The highest BCUT2D eigenvalue weighted by atomic mass is 19.4. The van der Waals surface area contributed by atoms with Crippen LogP contribution in [0.1, 0.15) is 17.5 Å². The van der Waals surface area contributed by atoms with Crippen LogP contribution in [-0.4, -0.2) is 37.9 Å². The summed E-state index contributed by atoms with van der Waals surface area (Å²) in [5.41, 5.74) is 7.05. The van der Waals surface area contributed by atoms with Gasteiger partial charge in [-0.25, -0.2) is 13.6 Å². The van der Waals surface area contributed by atoms with Crippen molar-refractivity contribution in [3.05, 3.63) is 65.2 Å². The predicted octanol–water partition coefficient (Wildman–Crippen LogP) is 3.50. The lowest BCUT2D eigenvalue weighted by Gasteiger charge is -2.25. The first-order valence-electron chi connectivity index (χ1n) is 9.40. The summed E-state index contributed by atoms with van der Waals surface area (Å²) in [6.45, 7) is 0.108. The van der Waals surface area contributed by atoms with Gasteiger partial charge in [0.2, 0.25) is 0 Å². The van der Waals surface area contributed by atoms with Crippen LogP contribution in [0.4, 0.5) is 22.0 Å². The second-order valence-electron chi connectivity index (χ2n) is 6.90. The Morgan fingerprint density at radius 2 is 1.77 bits per heavy atom. The zero-order valence-electron chi connectivity index (χ0n) is 16.7. The van der Waals surface area contributed by atoms with Crippen LogP contribution >= 0.6 is 0 Å². The van der Waals surface area contributed by atoms with Crippen molar-refractivity contribution in [2.75, 3.05) is 13.7 Å². The number of hydrogen-bond acceptors (Lipinski definition) is 5. The van der Waals surface area contributed by atoms with Gasteiger partial charge in [0, 0.05) is 25.2 Å². The van der Waals surface area contributed by atoms with Gasteiger partial charge in [0.15, 0.2) is 0 Å². The van der Waals surface area contributed by atoms with Gasteiger partial charge in [0.1, 0.15) is 23.5 Å². The van der Waals surface area contributed by atoms with E-state index in [1.807, 2.05) is 0 Å². The normalized spacial score (nSPS) is 13.5. The lowest BCUT2D eigenvalue weighted by molar-refractivity contribution is -0.205. The van der Waals surface area contributed by atoms with Crippen LogP contribution < -0.4 is 15.8 Å². The van der Waals surface area contributed by atoms with Crippen molar-refractivity contribution in [2.24, 2.45) is 5.73 Å². The van der Waals surface area contributed by atoms with Crippen molar-refractivity contribution in [1.82, 2.24) is 5.32 Å². The highest BCUT2D eigenvalue weighted by Gasteiger charge is 2.43. The Hall–Kier alpha value is -2.72. The molecule has 5 nitrogen and oxygen atoms in total. The Bertz CT molecular complexity index is 856. The molecule has 31 heavy (non-hydrogen) atoms.